The summed E-state index contributed by atoms with van der Waals surface area (Å²) in [5.74, 6) is -1.03. The number of aliphatic carboxylic acids is 1. The molecule has 0 bridgehead atoms. The van der Waals surface area contributed by atoms with Crippen LogP contribution in [0.1, 0.15) is 11.1 Å². The van der Waals surface area contributed by atoms with Crippen LogP contribution in [-0.4, -0.2) is 28.2 Å². The van der Waals surface area contributed by atoms with Crippen LogP contribution in [-0.2, 0) is 11.2 Å². The number of amidine groups is 1. The van der Waals surface area contributed by atoms with Gasteiger partial charge in [-0.15, -0.1) is 0 Å². The highest BCUT2D eigenvalue weighted by Crippen LogP contribution is 2.06. The topological polar surface area (TPSA) is 122 Å². The third-order valence-electron chi connectivity index (χ3n) is 2.13. The molecule has 1 atom stereocenters. The highest BCUT2D eigenvalue weighted by Gasteiger charge is 2.11. The van der Waals surface area contributed by atoms with Gasteiger partial charge < -0.3 is 21.8 Å². The second kappa shape index (κ2) is 5.13. The van der Waals surface area contributed by atoms with E-state index in [4.69, 9.17) is 21.8 Å². The summed E-state index contributed by atoms with van der Waals surface area (Å²) in [6.45, 7) is 0. The van der Waals surface area contributed by atoms with E-state index in [2.05, 4.69) is 5.16 Å². The lowest BCUT2D eigenvalue weighted by atomic mass is 10.0. The molecule has 0 aromatic heterocycles. The van der Waals surface area contributed by atoms with Gasteiger partial charge in [-0.1, -0.05) is 29.4 Å². The molecule has 16 heavy (non-hydrogen) atoms. The molecule has 86 valence electrons. The normalized spacial score (nSPS) is 13.4. The van der Waals surface area contributed by atoms with E-state index in [1.54, 1.807) is 24.3 Å². The van der Waals surface area contributed by atoms with E-state index in [0.29, 0.717) is 5.56 Å². The maximum atomic E-state index is 10.5. The van der Waals surface area contributed by atoms with Crippen molar-refractivity contribution in [3.8, 4) is 0 Å². The van der Waals surface area contributed by atoms with E-state index in [9.17, 15) is 4.79 Å². The second-order valence-electron chi connectivity index (χ2n) is 3.33. The van der Waals surface area contributed by atoms with Crippen molar-refractivity contribution in [2.24, 2.45) is 16.6 Å². The summed E-state index contributed by atoms with van der Waals surface area (Å²) in [7, 11) is 0. The minimum atomic E-state index is -1.04. The van der Waals surface area contributed by atoms with Crippen LogP contribution in [0.3, 0.4) is 0 Å². The first-order valence-electron chi connectivity index (χ1n) is 4.60. The van der Waals surface area contributed by atoms with Crippen LogP contribution in [0.25, 0.3) is 0 Å². The Morgan fingerprint density at radius 1 is 1.38 bits per heavy atom. The van der Waals surface area contributed by atoms with Crippen LogP contribution in [0.2, 0.25) is 0 Å². The van der Waals surface area contributed by atoms with Crippen molar-refractivity contribution >= 4 is 11.8 Å². The highest BCUT2D eigenvalue weighted by molar-refractivity contribution is 5.96. The number of carboxylic acid groups (broad SMARTS) is 1. The smallest absolute Gasteiger partial charge is 0.320 e. The Labute approximate surface area is 92.2 Å². The fourth-order valence-corrected chi connectivity index (χ4v) is 1.21. The third-order valence-corrected chi connectivity index (χ3v) is 2.13. The van der Waals surface area contributed by atoms with Crippen LogP contribution >= 0.6 is 0 Å². The zero-order chi connectivity index (χ0) is 12.1. The number of hydrogen-bond acceptors (Lipinski definition) is 4. The van der Waals surface area contributed by atoms with Gasteiger partial charge in [-0.05, 0) is 12.0 Å². The number of nitrogens with zero attached hydrogens (tertiary/aromatic N) is 1. The third kappa shape index (κ3) is 2.96. The molecule has 1 rings (SSSR count). The zero-order valence-corrected chi connectivity index (χ0v) is 8.50. The van der Waals surface area contributed by atoms with Gasteiger partial charge in [0.05, 0.1) is 0 Å². The number of nitrogens with two attached hydrogens (primary N) is 2. The molecular weight excluding hydrogens is 210 g/mol. The summed E-state index contributed by atoms with van der Waals surface area (Å²) in [6, 6.07) is 5.74. The lowest BCUT2D eigenvalue weighted by Gasteiger charge is -2.06. The Morgan fingerprint density at radius 2 is 1.94 bits per heavy atom. The Kier molecular flexibility index (Phi) is 3.84. The monoisotopic (exact) mass is 223 g/mol. The second-order valence-corrected chi connectivity index (χ2v) is 3.33. The summed E-state index contributed by atoms with van der Waals surface area (Å²) in [6.07, 6.45) is 0.242. The number of rotatable bonds is 4. The average Bonchev–Trinajstić information content (AvgIpc) is 2.28. The molecule has 6 heteroatoms. The maximum absolute atomic E-state index is 10.5. The molecule has 0 spiro atoms. The standard InChI is InChI=1S/C10H13N3O3/c11-8(10(14)15)5-6-1-3-7(4-2-6)9(12)13-16/h1-4,8,16H,5,11H2,(H2,12,13)(H,14,15)/t8-/m0/s1. The minimum Gasteiger partial charge on any atom is -0.480 e. The number of carbonyl (C=O) groups is 1. The molecule has 1 aromatic carbocycles. The fraction of sp³-hybridized carbons (Fsp3) is 0.200. The Hall–Kier alpha value is -2.08. The molecule has 0 amide bonds. The number of oxime groups is 1. The minimum absolute atomic E-state index is 0.00841. The van der Waals surface area contributed by atoms with E-state index in [-0.39, 0.29) is 12.3 Å². The zero-order valence-electron chi connectivity index (χ0n) is 8.50. The summed E-state index contributed by atoms with van der Waals surface area (Å²) in [5, 5.41) is 19.9. The summed E-state index contributed by atoms with van der Waals surface area (Å²) >= 11 is 0. The van der Waals surface area contributed by atoms with Gasteiger partial charge in [0.15, 0.2) is 5.84 Å². The number of benzene rings is 1. The van der Waals surface area contributed by atoms with Crippen LogP contribution in [0.4, 0.5) is 0 Å². The first-order chi connectivity index (χ1) is 7.54. The number of carboxylic acids is 1. The van der Waals surface area contributed by atoms with Crippen LogP contribution in [0.15, 0.2) is 29.4 Å². The van der Waals surface area contributed by atoms with Crippen molar-refractivity contribution in [3.05, 3.63) is 35.4 Å². The Bertz CT molecular complexity index is 400. The lowest BCUT2D eigenvalue weighted by Crippen LogP contribution is -2.32. The van der Waals surface area contributed by atoms with E-state index in [1.165, 1.54) is 0 Å². The largest absolute Gasteiger partial charge is 0.480 e. The summed E-state index contributed by atoms with van der Waals surface area (Å²) in [4.78, 5) is 10.5. The predicted octanol–water partition coefficient (Wildman–Crippen LogP) is -0.264. The van der Waals surface area contributed by atoms with Gasteiger partial charge in [0, 0.05) is 5.56 Å². The van der Waals surface area contributed by atoms with Crippen molar-refractivity contribution in [1.29, 1.82) is 0 Å². The SMILES string of the molecule is NC(=NO)c1ccc(C[C@H](N)C(=O)O)cc1. The quantitative estimate of drug-likeness (QED) is 0.242. The van der Waals surface area contributed by atoms with Crippen molar-refractivity contribution in [2.45, 2.75) is 12.5 Å². The highest BCUT2D eigenvalue weighted by atomic mass is 16.4. The summed E-state index contributed by atoms with van der Waals surface area (Å²) in [5.41, 5.74) is 12.1. The van der Waals surface area contributed by atoms with Gasteiger partial charge in [-0.3, -0.25) is 4.79 Å². The van der Waals surface area contributed by atoms with E-state index in [1.807, 2.05) is 0 Å². The van der Waals surface area contributed by atoms with Crippen molar-refractivity contribution < 1.29 is 15.1 Å². The van der Waals surface area contributed by atoms with Gasteiger partial charge in [0.25, 0.3) is 0 Å². The van der Waals surface area contributed by atoms with Crippen molar-refractivity contribution in [3.63, 3.8) is 0 Å². The lowest BCUT2D eigenvalue weighted by molar-refractivity contribution is -0.138. The molecule has 0 aliphatic rings. The molecule has 0 saturated carbocycles. The average molecular weight is 223 g/mol. The molecule has 6 nitrogen and oxygen atoms in total. The molecule has 1 aromatic rings. The molecule has 0 heterocycles. The molecule has 0 unspecified atom stereocenters. The van der Waals surface area contributed by atoms with Crippen LogP contribution in [0, 0.1) is 0 Å². The molecule has 6 N–H and O–H groups in total. The van der Waals surface area contributed by atoms with Crippen LogP contribution < -0.4 is 11.5 Å². The Morgan fingerprint density at radius 3 is 2.38 bits per heavy atom. The first kappa shape index (κ1) is 12.0. The predicted molar refractivity (Wildman–Crippen MR) is 58.3 cm³/mol. The fourth-order valence-electron chi connectivity index (χ4n) is 1.21. The van der Waals surface area contributed by atoms with Gasteiger partial charge in [0.1, 0.15) is 6.04 Å². The van der Waals surface area contributed by atoms with E-state index < -0.39 is 12.0 Å². The van der Waals surface area contributed by atoms with Gasteiger partial charge in [-0.2, -0.15) is 0 Å². The van der Waals surface area contributed by atoms with E-state index in [0.717, 1.165) is 5.56 Å². The van der Waals surface area contributed by atoms with Crippen LogP contribution in [0.5, 0.6) is 0 Å². The Balaban J connectivity index is 2.76. The van der Waals surface area contributed by atoms with Gasteiger partial charge in [0.2, 0.25) is 0 Å². The molecular formula is C10H13N3O3. The van der Waals surface area contributed by atoms with Gasteiger partial charge >= 0.3 is 5.97 Å². The van der Waals surface area contributed by atoms with E-state index >= 15 is 0 Å². The van der Waals surface area contributed by atoms with Crippen molar-refractivity contribution in [2.75, 3.05) is 0 Å². The molecule has 0 radical (unpaired) electrons. The van der Waals surface area contributed by atoms with Crippen molar-refractivity contribution in [1.82, 2.24) is 0 Å². The molecule has 0 saturated heterocycles. The molecule has 0 aliphatic carbocycles. The first-order valence-corrected chi connectivity index (χ1v) is 4.60. The number of hydrogen-bond donors (Lipinski definition) is 4. The summed E-state index contributed by atoms with van der Waals surface area (Å²) < 4.78 is 0. The maximum Gasteiger partial charge on any atom is 0.320 e. The molecule has 0 aliphatic heterocycles. The van der Waals surface area contributed by atoms with Gasteiger partial charge in [-0.25, -0.2) is 0 Å². The molecule has 0 fully saturated rings.